The Hall–Kier alpha value is -4.79. The molecule has 0 radical (unpaired) electrons. The van der Waals surface area contributed by atoms with E-state index in [1.807, 2.05) is 0 Å². The van der Waals surface area contributed by atoms with Crippen LogP contribution in [0.15, 0.2) is 83.8 Å². The Morgan fingerprint density at radius 2 is 1.56 bits per heavy atom. The molecule has 4 rings (SSSR count). The van der Waals surface area contributed by atoms with Gasteiger partial charge in [0.05, 0.1) is 6.54 Å². The van der Waals surface area contributed by atoms with Crippen LogP contribution in [-0.4, -0.2) is 29.3 Å². The fraction of sp³-hybridized carbons (Fsp3) is 0.0400. The molecule has 0 spiro atoms. The molecule has 1 aromatic heterocycles. The lowest BCUT2D eigenvalue weighted by atomic mass is 10.1. The Kier molecular flexibility index (Phi) is 6.45. The third-order valence-corrected chi connectivity index (χ3v) is 4.93. The van der Waals surface area contributed by atoms with Crippen molar-refractivity contribution in [3.63, 3.8) is 0 Å². The molecular formula is C25H19FN4O4. The number of fused-ring (bicyclic) bond motifs is 1. The summed E-state index contributed by atoms with van der Waals surface area (Å²) in [6.45, 7) is -0.384. The first-order valence-corrected chi connectivity index (χ1v) is 10.3. The Morgan fingerprint density at radius 1 is 0.824 bits per heavy atom. The van der Waals surface area contributed by atoms with Crippen molar-refractivity contribution in [2.75, 3.05) is 17.2 Å². The highest BCUT2D eigenvalue weighted by atomic mass is 19.1. The van der Waals surface area contributed by atoms with Gasteiger partial charge in [0.1, 0.15) is 11.4 Å². The summed E-state index contributed by atoms with van der Waals surface area (Å²) in [5.41, 5.74) is 0.921. The number of para-hydroxylation sites is 1. The lowest BCUT2D eigenvalue weighted by Crippen LogP contribution is -2.35. The van der Waals surface area contributed by atoms with Gasteiger partial charge in [-0.3, -0.25) is 19.2 Å². The van der Waals surface area contributed by atoms with E-state index in [0.29, 0.717) is 22.3 Å². The van der Waals surface area contributed by atoms with Gasteiger partial charge in [0.25, 0.3) is 11.8 Å². The fourth-order valence-corrected chi connectivity index (χ4v) is 3.30. The maximum absolute atomic E-state index is 13.3. The zero-order valence-corrected chi connectivity index (χ0v) is 17.7. The molecule has 0 bridgehead atoms. The Balaban J connectivity index is 1.37. The summed E-state index contributed by atoms with van der Waals surface area (Å²) in [6, 6.07) is 18.4. The number of amides is 3. The molecule has 8 nitrogen and oxygen atoms in total. The quantitative estimate of drug-likeness (QED) is 0.354. The Morgan fingerprint density at radius 3 is 2.35 bits per heavy atom. The number of hydrogen-bond donors (Lipinski definition) is 4. The van der Waals surface area contributed by atoms with Crippen molar-refractivity contribution in [1.29, 1.82) is 0 Å². The number of benzene rings is 3. The van der Waals surface area contributed by atoms with E-state index in [1.165, 1.54) is 36.5 Å². The topological polar surface area (TPSA) is 120 Å². The maximum atomic E-state index is 13.3. The molecule has 0 fully saturated rings. The molecule has 1 heterocycles. The molecule has 3 amide bonds. The monoisotopic (exact) mass is 458 g/mol. The first-order valence-electron chi connectivity index (χ1n) is 10.3. The summed E-state index contributed by atoms with van der Waals surface area (Å²) < 4.78 is 13.3. The second-order valence-corrected chi connectivity index (χ2v) is 7.35. The maximum Gasteiger partial charge on any atom is 0.257 e. The van der Waals surface area contributed by atoms with Crippen LogP contribution in [0.4, 0.5) is 15.8 Å². The molecule has 0 aliphatic carbocycles. The van der Waals surface area contributed by atoms with Crippen molar-refractivity contribution in [2.45, 2.75) is 0 Å². The normalized spacial score (nSPS) is 10.5. The number of pyridine rings is 1. The van der Waals surface area contributed by atoms with Crippen LogP contribution in [0.5, 0.6) is 0 Å². The van der Waals surface area contributed by atoms with Crippen LogP contribution < -0.4 is 21.4 Å². The summed E-state index contributed by atoms with van der Waals surface area (Å²) in [4.78, 5) is 52.5. The van der Waals surface area contributed by atoms with Crippen LogP contribution >= 0.6 is 0 Å². The van der Waals surface area contributed by atoms with E-state index in [1.54, 1.807) is 42.5 Å². The van der Waals surface area contributed by atoms with Gasteiger partial charge in [-0.25, -0.2) is 4.39 Å². The number of aromatic nitrogens is 1. The van der Waals surface area contributed by atoms with E-state index in [4.69, 9.17) is 0 Å². The molecule has 34 heavy (non-hydrogen) atoms. The number of nitrogens with one attached hydrogen (secondary N) is 4. The molecule has 170 valence electrons. The number of halogens is 1. The summed E-state index contributed by atoms with van der Waals surface area (Å²) in [7, 11) is 0. The van der Waals surface area contributed by atoms with Crippen molar-refractivity contribution >= 4 is 40.0 Å². The molecule has 0 saturated heterocycles. The molecule has 9 heteroatoms. The SMILES string of the molecule is O=C(CNC(=O)c1c[nH]c2ccccc2c1=O)Nc1cccc(C(=O)Nc2cccc(F)c2)c1. The minimum Gasteiger partial charge on any atom is -0.360 e. The number of carbonyl (C=O) groups excluding carboxylic acids is 3. The summed E-state index contributed by atoms with van der Waals surface area (Å²) in [6.07, 6.45) is 1.30. The van der Waals surface area contributed by atoms with E-state index in [9.17, 15) is 23.6 Å². The third-order valence-electron chi connectivity index (χ3n) is 4.93. The summed E-state index contributed by atoms with van der Waals surface area (Å²) >= 11 is 0. The van der Waals surface area contributed by atoms with Gasteiger partial charge in [0.2, 0.25) is 11.3 Å². The molecule has 0 saturated carbocycles. The van der Waals surface area contributed by atoms with E-state index in [0.717, 1.165) is 0 Å². The molecule has 4 aromatic rings. The zero-order valence-electron chi connectivity index (χ0n) is 17.7. The Labute approximate surface area is 192 Å². The van der Waals surface area contributed by atoms with Crippen LogP contribution in [0.3, 0.4) is 0 Å². The first kappa shape index (κ1) is 22.4. The second-order valence-electron chi connectivity index (χ2n) is 7.35. The van der Waals surface area contributed by atoms with Gasteiger partial charge >= 0.3 is 0 Å². The number of carbonyl (C=O) groups is 3. The molecule has 4 N–H and O–H groups in total. The first-order chi connectivity index (χ1) is 16.4. The lowest BCUT2D eigenvalue weighted by Gasteiger charge is -2.09. The minimum absolute atomic E-state index is 0.109. The second kappa shape index (κ2) is 9.78. The molecule has 0 aliphatic rings. The van der Waals surface area contributed by atoms with Gasteiger partial charge in [-0.1, -0.05) is 24.3 Å². The van der Waals surface area contributed by atoms with E-state index in [-0.39, 0.29) is 17.7 Å². The van der Waals surface area contributed by atoms with Gasteiger partial charge in [0.15, 0.2) is 0 Å². The fourth-order valence-electron chi connectivity index (χ4n) is 3.30. The standard InChI is InChI=1S/C25H19FN4O4/c26-16-6-4-8-18(12-16)30-24(33)15-5-3-7-17(11-15)29-22(31)14-28-25(34)20-13-27-21-10-2-1-9-19(21)23(20)32/h1-13H,14H2,(H,27,32)(H,28,34)(H,29,31)(H,30,33). The number of anilines is 2. The van der Waals surface area contributed by atoms with E-state index < -0.39 is 29.0 Å². The highest BCUT2D eigenvalue weighted by molar-refractivity contribution is 6.05. The van der Waals surface area contributed by atoms with Gasteiger partial charge in [-0.15, -0.1) is 0 Å². The summed E-state index contributed by atoms with van der Waals surface area (Å²) in [5.74, 6) is -2.20. The van der Waals surface area contributed by atoms with Crippen LogP contribution in [0.1, 0.15) is 20.7 Å². The highest BCUT2D eigenvalue weighted by Crippen LogP contribution is 2.14. The molecule has 0 atom stereocenters. The molecular weight excluding hydrogens is 439 g/mol. The lowest BCUT2D eigenvalue weighted by molar-refractivity contribution is -0.115. The van der Waals surface area contributed by atoms with Crippen molar-refractivity contribution in [3.05, 3.63) is 106 Å². The van der Waals surface area contributed by atoms with E-state index in [2.05, 4.69) is 20.9 Å². The minimum atomic E-state index is -0.689. The van der Waals surface area contributed by atoms with Gasteiger partial charge in [-0.05, 0) is 48.5 Å². The molecule has 3 aromatic carbocycles. The highest BCUT2D eigenvalue weighted by Gasteiger charge is 2.14. The van der Waals surface area contributed by atoms with Crippen LogP contribution in [-0.2, 0) is 4.79 Å². The van der Waals surface area contributed by atoms with Gasteiger partial charge < -0.3 is 20.9 Å². The van der Waals surface area contributed by atoms with Crippen molar-refractivity contribution in [2.24, 2.45) is 0 Å². The number of aromatic amines is 1. The molecule has 0 aliphatic heterocycles. The smallest absolute Gasteiger partial charge is 0.257 e. The average molecular weight is 458 g/mol. The Bertz CT molecular complexity index is 1460. The van der Waals surface area contributed by atoms with Gasteiger partial charge in [-0.2, -0.15) is 0 Å². The number of hydrogen-bond acceptors (Lipinski definition) is 4. The molecule has 0 unspecified atom stereocenters. The van der Waals surface area contributed by atoms with Crippen molar-refractivity contribution in [3.8, 4) is 0 Å². The van der Waals surface area contributed by atoms with Gasteiger partial charge in [0, 0.05) is 34.0 Å². The predicted molar refractivity (Wildman–Crippen MR) is 126 cm³/mol. The largest absolute Gasteiger partial charge is 0.360 e. The van der Waals surface area contributed by atoms with Crippen molar-refractivity contribution < 1.29 is 18.8 Å². The van der Waals surface area contributed by atoms with Crippen LogP contribution in [0.2, 0.25) is 0 Å². The van der Waals surface area contributed by atoms with Crippen LogP contribution in [0.25, 0.3) is 10.9 Å². The van der Waals surface area contributed by atoms with Crippen LogP contribution in [0, 0.1) is 5.82 Å². The third kappa shape index (κ3) is 5.16. The predicted octanol–water partition coefficient (Wildman–Crippen LogP) is 3.29. The number of H-pyrrole nitrogens is 1. The zero-order chi connectivity index (χ0) is 24.1. The summed E-state index contributed by atoms with van der Waals surface area (Å²) in [5, 5.41) is 7.94. The number of rotatable bonds is 6. The van der Waals surface area contributed by atoms with E-state index >= 15 is 0 Å². The average Bonchev–Trinajstić information content (AvgIpc) is 2.83. The van der Waals surface area contributed by atoms with Crippen molar-refractivity contribution in [1.82, 2.24) is 10.3 Å².